The standard InChI is InChI=1S/C27H33F3N2O4.H2/c1-20-16-22(8-9-23(20)35-15-5-14-33)25(34)32-12-10-26(11-13-32)18-31(19-27(28,29)30)17-24(36-26)21-6-3-2-4-7-21;/h2-4,6-9,16,24,33H,5,10-15,17-19H2,1H3;1H. The molecule has 2 heterocycles. The molecule has 1 atom stereocenters. The van der Waals surface area contributed by atoms with Crippen LogP contribution < -0.4 is 4.74 Å². The summed E-state index contributed by atoms with van der Waals surface area (Å²) in [5.41, 5.74) is 1.50. The Kier molecular flexibility index (Phi) is 8.22. The second-order valence-corrected chi connectivity index (χ2v) is 9.68. The quantitative estimate of drug-likeness (QED) is 0.554. The minimum absolute atomic E-state index is 0. The van der Waals surface area contributed by atoms with Crippen LogP contribution in [-0.2, 0) is 4.74 Å². The van der Waals surface area contributed by atoms with Gasteiger partial charge in [0, 0.05) is 46.2 Å². The number of aliphatic hydroxyl groups excluding tert-OH is 1. The van der Waals surface area contributed by atoms with Crippen molar-refractivity contribution in [1.82, 2.24) is 9.80 Å². The largest absolute Gasteiger partial charge is 0.493 e. The van der Waals surface area contributed by atoms with E-state index in [2.05, 4.69) is 0 Å². The Balaban J connectivity index is 0.00000380. The van der Waals surface area contributed by atoms with E-state index in [1.165, 1.54) is 4.90 Å². The van der Waals surface area contributed by atoms with Crippen molar-refractivity contribution in [2.24, 2.45) is 0 Å². The molecule has 6 nitrogen and oxygen atoms in total. The maximum atomic E-state index is 13.3. The fraction of sp³-hybridized carbons (Fsp3) is 0.519. The smallest absolute Gasteiger partial charge is 0.401 e. The molecule has 36 heavy (non-hydrogen) atoms. The molecule has 0 radical (unpaired) electrons. The summed E-state index contributed by atoms with van der Waals surface area (Å²) in [6, 6.07) is 14.6. The van der Waals surface area contributed by atoms with Crippen molar-refractivity contribution in [3.8, 4) is 5.75 Å². The third-order valence-electron chi connectivity index (χ3n) is 6.85. The van der Waals surface area contributed by atoms with Crippen molar-refractivity contribution in [2.45, 2.75) is 44.1 Å². The number of likely N-dealkylation sites (tertiary alicyclic amines) is 1. The number of rotatable bonds is 7. The van der Waals surface area contributed by atoms with Gasteiger partial charge in [-0.05, 0) is 49.1 Å². The number of ether oxygens (including phenoxy) is 2. The van der Waals surface area contributed by atoms with Crippen molar-refractivity contribution < 1.29 is 34.0 Å². The van der Waals surface area contributed by atoms with E-state index in [0.29, 0.717) is 50.3 Å². The zero-order chi connectivity index (χ0) is 25.8. The first kappa shape index (κ1) is 26.4. The molecule has 0 saturated carbocycles. The number of aliphatic hydroxyl groups is 1. The van der Waals surface area contributed by atoms with Crippen LogP contribution in [0.5, 0.6) is 5.75 Å². The van der Waals surface area contributed by atoms with Crippen LogP contribution in [0, 0.1) is 6.92 Å². The molecular weight excluding hydrogens is 473 g/mol. The fourth-order valence-corrected chi connectivity index (χ4v) is 5.06. The molecular formula is C27H35F3N2O4. The van der Waals surface area contributed by atoms with Crippen LogP contribution in [0.15, 0.2) is 48.5 Å². The number of alkyl halides is 3. The van der Waals surface area contributed by atoms with E-state index in [0.717, 1.165) is 11.1 Å². The van der Waals surface area contributed by atoms with Crippen LogP contribution in [0.2, 0.25) is 0 Å². The molecule has 9 heteroatoms. The van der Waals surface area contributed by atoms with E-state index >= 15 is 0 Å². The van der Waals surface area contributed by atoms with Crippen molar-refractivity contribution >= 4 is 5.91 Å². The number of piperidine rings is 1. The summed E-state index contributed by atoms with van der Waals surface area (Å²) in [5, 5.41) is 8.91. The molecule has 198 valence electrons. The van der Waals surface area contributed by atoms with Crippen LogP contribution in [0.4, 0.5) is 13.2 Å². The molecule has 1 spiro atoms. The predicted octanol–water partition coefficient (Wildman–Crippen LogP) is 4.61. The maximum absolute atomic E-state index is 13.3. The van der Waals surface area contributed by atoms with Gasteiger partial charge in [0.05, 0.1) is 24.9 Å². The second-order valence-electron chi connectivity index (χ2n) is 9.68. The minimum Gasteiger partial charge on any atom is -0.493 e. The molecule has 2 fully saturated rings. The lowest BCUT2D eigenvalue weighted by Gasteiger charge is -2.50. The van der Waals surface area contributed by atoms with Crippen molar-refractivity contribution in [3.05, 3.63) is 65.2 Å². The van der Waals surface area contributed by atoms with E-state index in [1.807, 2.05) is 37.3 Å². The zero-order valence-corrected chi connectivity index (χ0v) is 20.5. The number of carbonyl (C=O) groups excluding carboxylic acids is 1. The van der Waals surface area contributed by atoms with Gasteiger partial charge in [0.2, 0.25) is 0 Å². The van der Waals surface area contributed by atoms with Gasteiger partial charge >= 0.3 is 6.18 Å². The molecule has 2 aromatic rings. The molecule has 0 bridgehead atoms. The van der Waals surface area contributed by atoms with E-state index in [9.17, 15) is 18.0 Å². The number of hydrogen-bond acceptors (Lipinski definition) is 5. The SMILES string of the molecule is Cc1cc(C(=O)N2CCC3(CC2)CN(CC(F)(F)F)CC(c2ccccc2)O3)ccc1OCCCO.[HH]. The summed E-state index contributed by atoms with van der Waals surface area (Å²) in [7, 11) is 0. The van der Waals surface area contributed by atoms with Gasteiger partial charge in [0.15, 0.2) is 0 Å². The van der Waals surface area contributed by atoms with Crippen LogP contribution in [0.1, 0.15) is 48.3 Å². The van der Waals surface area contributed by atoms with Gasteiger partial charge in [-0.2, -0.15) is 13.2 Å². The average molecular weight is 509 g/mol. The molecule has 2 aliphatic rings. The Hall–Kier alpha value is -2.62. The first-order chi connectivity index (χ1) is 17.2. The highest BCUT2D eigenvalue weighted by Gasteiger charge is 2.46. The molecule has 1 N–H and O–H groups in total. The summed E-state index contributed by atoms with van der Waals surface area (Å²) < 4.78 is 51.9. The first-order valence-corrected chi connectivity index (χ1v) is 12.3. The van der Waals surface area contributed by atoms with E-state index < -0.39 is 24.4 Å². The van der Waals surface area contributed by atoms with Crippen molar-refractivity contribution in [2.75, 3.05) is 45.9 Å². The van der Waals surface area contributed by atoms with Crippen LogP contribution >= 0.6 is 0 Å². The third kappa shape index (κ3) is 6.57. The number of morpholine rings is 1. The number of aryl methyl sites for hydroxylation is 1. The monoisotopic (exact) mass is 508 g/mol. The summed E-state index contributed by atoms with van der Waals surface area (Å²) in [6.07, 6.45) is -3.27. The molecule has 2 aliphatic heterocycles. The van der Waals surface area contributed by atoms with E-state index in [4.69, 9.17) is 14.6 Å². The third-order valence-corrected chi connectivity index (χ3v) is 6.85. The molecule has 1 unspecified atom stereocenters. The Morgan fingerprint density at radius 1 is 1.19 bits per heavy atom. The van der Waals surface area contributed by atoms with Gasteiger partial charge in [0.1, 0.15) is 5.75 Å². The summed E-state index contributed by atoms with van der Waals surface area (Å²) in [5.74, 6) is 0.558. The number of benzene rings is 2. The molecule has 0 aromatic heterocycles. The highest BCUT2D eigenvalue weighted by atomic mass is 19.4. The fourth-order valence-electron chi connectivity index (χ4n) is 5.06. The van der Waals surface area contributed by atoms with Gasteiger partial charge in [-0.1, -0.05) is 30.3 Å². The number of amides is 1. The Bertz CT molecular complexity index is 1030. The summed E-state index contributed by atoms with van der Waals surface area (Å²) >= 11 is 0. The van der Waals surface area contributed by atoms with E-state index in [-0.39, 0.29) is 27.0 Å². The lowest BCUT2D eigenvalue weighted by Crippen LogP contribution is -2.59. The maximum Gasteiger partial charge on any atom is 0.401 e. The number of nitrogens with zero attached hydrogens (tertiary/aromatic N) is 2. The predicted molar refractivity (Wildman–Crippen MR) is 131 cm³/mol. The number of hydrogen-bond donors (Lipinski definition) is 1. The molecule has 2 saturated heterocycles. The number of carbonyl (C=O) groups is 1. The van der Waals surface area contributed by atoms with Crippen LogP contribution in [0.25, 0.3) is 0 Å². The highest BCUT2D eigenvalue weighted by molar-refractivity contribution is 5.94. The van der Waals surface area contributed by atoms with Gasteiger partial charge in [-0.3, -0.25) is 9.69 Å². The first-order valence-electron chi connectivity index (χ1n) is 12.3. The normalized spacial score (nSPS) is 20.5. The second kappa shape index (κ2) is 11.2. The Morgan fingerprint density at radius 2 is 1.92 bits per heavy atom. The van der Waals surface area contributed by atoms with Gasteiger partial charge < -0.3 is 19.5 Å². The van der Waals surface area contributed by atoms with Gasteiger partial charge in [-0.15, -0.1) is 0 Å². The average Bonchev–Trinajstić information content (AvgIpc) is 2.84. The molecule has 1 amide bonds. The van der Waals surface area contributed by atoms with Crippen molar-refractivity contribution in [3.63, 3.8) is 0 Å². The number of halogens is 3. The van der Waals surface area contributed by atoms with E-state index in [1.54, 1.807) is 23.1 Å². The van der Waals surface area contributed by atoms with Crippen LogP contribution in [-0.4, -0.2) is 78.5 Å². The van der Waals surface area contributed by atoms with Crippen LogP contribution in [0.3, 0.4) is 0 Å². The highest BCUT2D eigenvalue weighted by Crippen LogP contribution is 2.39. The molecule has 2 aromatic carbocycles. The Morgan fingerprint density at radius 3 is 2.56 bits per heavy atom. The van der Waals surface area contributed by atoms with Gasteiger partial charge in [0.25, 0.3) is 5.91 Å². The minimum atomic E-state index is -4.29. The lowest BCUT2D eigenvalue weighted by molar-refractivity contribution is -0.205. The summed E-state index contributed by atoms with van der Waals surface area (Å²) in [6.45, 7) is 2.53. The van der Waals surface area contributed by atoms with Gasteiger partial charge in [-0.25, -0.2) is 0 Å². The Labute approximate surface area is 211 Å². The topological polar surface area (TPSA) is 62.2 Å². The molecule has 4 rings (SSSR count). The lowest BCUT2D eigenvalue weighted by atomic mass is 9.87. The molecule has 0 aliphatic carbocycles. The van der Waals surface area contributed by atoms with Crippen molar-refractivity contribution in [1.29, 1.82) is 0 Å². The summed E-state index contributed by atoms with van der Waals surface area (Å²) in [4.78, 5) is 16.4. The zero-order valence-electron chi connectivity index (χ0n) is 20.5.